The van der Waals surface area contributed by atoms with Crippen LogP contribution >= 0.6 is 11.6 Å². The first kappa shape index (κ1) is 22.3. The highest BCUT2D eigenvalue weighted by Crippen LogP contribution is 2.36. The first-order valence-electron chi connectivity index (χ1n) is 9.77. The fourth-order valence-corrected chi connectivity index (χ4v) is 3.07. The minimum absolute atomic E-state index is 0.316. The summed E-state index contributed by atoms with van der Waals surface area (Å²) in [5.41, 5.74) is 0.979. The molecule has 3 aromatic rings. The zero-order valence-electron chi connectivity index (χ0n) is 17.6. The predicted molar refractivity (Wildman–Crippen MR) is 121 cm³/mol. The third kappa shape index (κ3) is 5.83. The van der Waals surface area contributed by atoms with Gasteiger partial charge in [-0.1, -0.05) is 24.6 Å². The molecule has 1 N–H and O–H groups in total. The molecule has 0 aliphatic heterocycles. The van der Waals surface area contributed by atoms with Gasteiger partial charge >= 0.3 is 0 Å². The molecule has 0 radical (unpaired) electrons. The number of benzene rings is 3. The van der Waals surface area contributed by atoms with Crippen molar-refractivity contribution in [2.75, 3.05) is 26.1 Å². The van der Waals surface area contributed by atoms with Gasteiger partial charge in [0.1, 0.15) is 17.2 Å². The lowest BCUT2D eigenvalue weighted by atomic mass is 10.1. The van der Waals surface area contributed by atoms with Crippen molar-refractivity contribution in [2.45, 2.75) is 13.3 Å². The van der Waals surface area contributed by atoms with Crippen molar-refractivity contribution in [1.82, 2.24) is 0 Å². The van der Waals surface area contributed by atoms with Crippen LogP contribution in [0.15, 0.2) is 60.7 Å². The summed E-state index contributed by atoms with van der Waals surface area (Å²) in [6.07, 6.45) is 0.833. The Labute approximate surface area is 186 Å². The van der Waals surface area contributed by atoms with E-state index >= 15 is 0 Å². The van der Waals surface area contributed by atoms with Crippen LogP contribution in [0.1, 0.15) is 23.7 Å². The molecule has 3 rings (SSSR count). The highest BCUT2D eigenvalue weighted by atomic mass is 35.5. The van der Waals surface area contributed by atoms with Gasteiger partial charge in [-0.15, -0.1) is 0 Å². The third-order valence-electron chi connectivity index (χ3n) is 4.33. The number of anilines is 1. The van der Waals surface area contributed by atoms with Gasteiger partial charge in [0.25, 0.3) is 5.91 Å². The fraction of sp³-hybridized carbons (Fsp3) is 0.208. The van der Waals surface area contributed by atoms with Crippen molar-refractivity contribution in [3.63, 3.8) is 0 Å². The van der Waals surface area contributed by atoms with Gasteiger partial charge in [0.05, 0.1) is 25.8 Å². The lowest BCUT2D eigenvalue weighted by Gasteiger charge is -2.14. The SMILES string of the molecule is CCCOc1c(Cl)cc(C(=O)Nc2ccc(Oc3cccc(OC)c3)cc2)cc1OC. The van der Waals surface area contributed by atoms with Crippen LogP contribution in [0.2, 0.25) is 5.02 Å². The van der Waals surface area contributed by atoms with Crippen LogP contribution in [0, 0.1) is 0 Å². The van der Waals surface area contributed by atoms with Crippen LogP contribution in [0.4, 0.5) is 5.69 Å². The Morgan fingerprint density at radius 3 is 2.35 bits per heavy atom. The van der Waals surface area contributed by atoms with Crippen molar-refractivity contribution in [3.8, 4) is 28.7 Å². The molecule has 0 heterocycles. The number of hydrogen-bond acceptors (Lipinski definition) is 5. The smallest absolute Gasteiger partial charge is 0.255 e. The number of carbonyl (C=O) groups excluding carboxylic acids is 1. The van der Waals surface area contributed by atoms with Gasteiger partial charge in [0, 0.05) is 17.3 Å². The van der Waals surface area contributed by atoms with Gasteiger partial charge in [-0.05, 0) is 55.0 Å². The van der Waals surface area contributed by atoms with Gasteiger partial charge in [-0.2, -0.15) is 0 Å². The molecule has 0 aliphatic rings. The molecule has 0 saturated carbocycles. The van der Waals surface area contributed by atoms with Crippen molar-refractivity contribution < 1.29 is 23.7 Å². The number of rotatable bonds is 9. The summed E-state index contributed by atoms with van der Waals surface area (Å²) in [6.45, 7) is 2.50. The summed E-state index contributed by atoms with van der Waals surface area (Å²) < 4.78 is 22.0. The van der Waals surface area contributed by atoms with Gasteiger partial charge < -0.3 is 24.3 Å². The molecule has 0 spiro atoms. The molecule has 0 unspecified atom stereocenters. The zero-order valence-corrected chi connectivity index (χ0v) is 18.4. The average molecular weight is 442 g/mol. The van der Waals surface area contributed by atoms with Gasteiger partial charge in [-0.3, -0.25) is 4.79 Å². The van der Waals surface area contributed by atoms with E-state index in [4.69, 9.17) is 30.5 Å². The second kappa shape index (κ2) is 10.6. The number of carbonyl (C=O) groups is 1. The third-order valence-corrected chi connectivity index (χ3v) is 4.61. The molecule has 7 heteroatoms. The van der Waals surface area contributed by atoms with E-state index in [0.29, 0.717) is 51.6 Å². The van der Waals surface area contributed by atoms with Crippen molar-refractivity contribution in [1.29, 1.82) is 0 Å². The molecule has 0 atom stereocenters. The summed E-state index contributed by atoms with van der Waals surface area (Å²) in [6, 6.07) is 17.5. The van der Waals surface area contributed by atoms with Gasteiger partial charge in [0.15, 0.2) is 11.5 Å². The molecule has 6 nitrogen and oxygen atoms in total. The molecule has 31 heavy (non-hydrogen) atoms. The lowest BCUT2D eigenvalue weighted by Crippen LogP contribution is -2.12. The largest absolute Gasteiger partial charge is 0.497 e. The molecule has 0 fully saturated rings. The number of nitrogens with one attached hydrogen (secondary N) is 1. The van der Waals surface area contributed by atoms with Crippen LogP contribution in [-0.4, -0.2) is 26.7 Å². The lowest BCUT2D eigenvalue weighted by molar-refractivity contribution is 0.102. The van der Waals surface area contributed by atoms with E-state index in [1.807, 2.05) is 25.1 Å². The number of methoxy groups -OCH3 is 2. The molecule has 3 aromatic carbocycles. The van der Waals surface area contributed by atoms with E-state index in [1.165, 1.54) is 7.11 Å². The van der Waals surface area contributed by atoms with E-state index in [-0.39, 0.29) is 5.91 Å². The molecule has 0 bridgehead atoms. The highest BCUT2D eigenvalue weighted by Gasteiger charge is 2.16. The van der Waals surface area contributed by atoms with Crippen molar-refractivity contribution in [3.05, 3.63) is 71.2 Å². The average Bonchev–Trinajstić information content (AvgIpc) is 2.79. The highest BCUT2D eigenvalue weighted by molar-refractivity contribution is 6.32. The van der Waals surface area contributed by atoms with Crippen LogP contribution in [0.5, 0.6) is 28.7 Å². The Morgan fingerprint density at radius 1 is 0.935 bits per heavy atom. The molecule has 0 aliphatic carbocycles. The predicted octanol–water partition coefficient (Wildman–Crippen LogP) is 6.19. The molecule has 1 amide bonds. The molecular weight excluding hydrogens is 418 g/mol. The second-order valence-corrected chi connectivity index (χ2v) is 7.00. The first-order valence-corrected chi connectivity index (χ1v) is 10.2. The normalized spacial score (nSPS) is 10.3. The first-order chi connectivity index (χ1) is 15.0. The molecule has 162 valence electrons. The minimum atomic E-state index is -0.316. The Hall–Kier alpha value is -3.38. The minimum Gasteiger partial charge on any atom is -0.497 e. The molecular formula is C24H24ClNO5. The number of hydrogen-bond donors (Lipinski definition) is 1. The van der Waals surface area contributed by atoms with Crippen LogP contribution < -0.4 is 24.3 Å². The van der Waals surface area contributed by atoms with Gasteiger partial charge in [0.2, 0.25) is 0 Å². The van der Waals surface area contributed by atoms with Crippen LogP contribution in [-0.2, 0) is 0 Å². The van der Waals surface area contributed by atoms with E-state index in [0.717, 1.165) is 6.42 Å². The quantitative estimate of drug-likeness (QED) is 0.428. The topological polar surface area (TPSA) is 66.0 Å². The standard InChI is InChI=1S/C24H24ClNO5/c1-4-12-30-23-21(25)13-16(14-22(23)29-3)24(27)26-17-8-10-18(11-9-17)31-20-7-5-6-19(15-20)28-2/h5-11,13-15H,4,12H2,1-3H3,(H,26,27). The van der Waals surface area contributed by atoms with Crippen LogP contribution in [0.25, 0.3) is 0 Å². The van der Waals surface area contributed by atoms with E-state index < -0.39 is 0 Å². The van der Waals surface area contributed by atoms with E-state index in [2.05, 4.69) is 5.32 Å². The van der Waals surface area contributed by atoms with Crippen molar-refractivity contribution >= 4 is 23.2 Å². The van der Waals surface area contributed by atoms with E-state index in [1.54, 1.807) is 49.6 Å². The summed E-state index contributed by atoms with van der Waals surface area (Å²) in [5.74, 6) is 2.52. The van der Waals surface area contributed by atoms with E-state index in [9.17, 15) is 4.79 Å². The van der Waals surface area contributed by atoms with Crippen molar-refractivity contribution in [2.24, 2.45) is 0 Å². The number of amides is 1. The number of halogens is 1. The summed E-state index contributed by atoms with van der Waals surface area (Å²) in [7, 11) is 3.11. The maximum Gasteiger partial charge on any atom is 0.255 e. The molecule has 0 saturated heterocycles. The van der Waals surface area contributed by atoms with Gasteiger partial charge in [-0.25, -0.2) is 0 Å². The zero-order chi connectivity index (χ0) is 22.2. The monoisotopic (exact) mass is 441 g/mol. The Balaban J connectivity index is 1.69. The Kier molecular flexibility index (Phi) is 7.62. The summed E-state index contributed by atoms with van der Waals surface area (Å²) in [4.78, 5) is 12.7. The maximum atomic E-state index is 12.7. The fourth-order valence-electron chi connectivity index (χ4n) is 2.81. The molecule has 0 aromatic heterocycles. The maximum absolute atomic E-state index is 12.7. The Morgan fingerprint density at radius 2 is 1.68 bits per heavy atom. The second-order valence-electron chi connectivity index (χ2n) is 6.60. The van der Waals surface area contributed by atoms with Crippen LogP contribution in [0.3, 0.4) is 0 Å². The Bertz CT molecular complexity index is 1040. The summed E-state index contributed by atoms with van der Waals surface area (Å²) in [5, 5.41) is 3.16. The number of ether oxygens (including phenoxy) is 4. The summed E-state index contributed by atoms with van der Waals surface area (Å²) >= 11 is 6.31.